The monoisotopic (exact) mass is 462 g/mol. The number of nitrogens with one attached hydrogen (secondary N) is 2. The van der Waals surface area contributed by atoms with Crippen molar-refractivity contribution in [2.45, 2.75) is 17.4 Å². The van der Waals surface area contributed by atoms with Gasteiger partial charge in [0.25, 0.3) is 0 Å². The summed E-state index contributed by atoms with van der Waals surface area (Å²) in [4.78, 5) is 12.9. The number of sulfonamides is 1. The Labute approximate surface area is 185 Å². The number of halogens is 2. The number of carbonyl (C=O) groups excluding carboxylic acids is 1. The SMILES string of the molecule is COc1ccc(Cl)cc1NC(=O)[C@H](Cc1ccccc1)NS(=O)(=O)c1ccc(F)cc1. The van der Waals surface area contributed by atoms with Crippen LogP contribution in [-0.4, -0.2) is 27.5 Å². The number of hydrogen-bond donors (Lipinski definition) is 2. The molecule has 0 aliphatic carbocycles. The Hall–Kier alpha value is -2.94. The summed E-state index contributed by atoms with van der Waals surface area (Å²) in [5, 5.41) is 3.05. The maximum Gasteiger partial charge on any atom is 0.243 e. The third kappa shape index (κ3) is 6.04. The molecule has 2 N–H and O–H groups in total. The second kappa shape index (κ2) is 9.91. The van der Waals surface area contributed by atoms with E-state index in [9.17, 15) is 17.6 Å². The van der Waals surface area contributed by atoms with E-state index in [1.807, 2.05) is 6.07 Å². The zero-order chi connectivity index (χ0) is 22.4. The van der Waals surface area contributed by atoms with Gasteiger partial charge in [0.2, 0.25) is 15.9 Å². The van der Waals surface area contributed by atoms with Gasteiger partial charge in [-0.05, 0) is 54.4 Å². The third-order valence-electron chi connectivity index (χ3n) is 4.44. The summed E-state index contributed by atoms with van der Waals surface area (Å²) in [6.07, 6.45) is 0.0932. The van der Waals surface area contributed by atoms with Crippen LogP contribution in [0.25, 0.3) is 0 Å². The van der Waals surface area contributed by atoms with Crippen LogP contribution >= 0.6 is 11.6 Å². The Morgan fingerprint density at radius 3 is 2.39 bits per heavy atom. The normalized spacial score (nSPS) is 12.2. The van der Waals surface area contributed by atoms with Crippen molar-refractivity contribution in [3.63, 3.8) is 0 Å². The molecule has 3 rings (SSSR count). The van der Waals surface area contributed by atoms with Crippen molar-refractivity contribution >= 4 is 33.2 Å². The second-order valence-corrected chi connectivity index (χ2v) is 8.80. The standard InChI is InChI=1S/C22H20ClFN2O4S/c1-30-21-12-7-16(23)14-19(21)25-22(27)20(13-15-5-3-2-4-6-15)26-31(28,29)18-10-8-17(24)9-11-18/h2-12,14,20,26H,13H2,1H3,(H,25,27)/t20-/m0/s1. The van der Waals surface area contributed by atoms with E-state index < -0.39 is 27.8 Å². The molecule has 0 fully saturated rings. The average Bonchev–Trinajstić information content (AvgIpc) is 2.74. The van der Waals surface area contributed by atoms with Crippen molar-refractivity contribution in [2.24, 2.45) is 0 Å². The molecule has 3 aromatic rings. The van der Waals surface area contributed by atoms with Crippen molar-refractivity contribution in [3.8, 4) is 5.75 Å². The maximum absolute atomic E-state index is 13.2. The molecule has 31 heavy (non-hydrogen) atoms. The van der Waals surface area contributed by atoms with E-state index in [0.717, 1.165) is 29.8 Å². The molecular formula is C22H20ClFN2O4S. The predicted molar refractivity (Wildman–Crippen MR) is 117 cm³/mol. The van der Waals surface area contributed by atoms with Crippen LogP contribution in [0.4, 0.5) is 10.1 Å². The topological polar surface area (TPSA) is 84.5 Å². The van der Waals surface area contributed by atoms with Crippen molar-refractivity contribution in [1.29, 1.82) is 0 Å². The number of benzene rings is 3. The molecule has 0 saturated heterocycles. The van der Waals surface area contributed by atoms with Crippen molar-refractivity contribution in [2.75, 3.05) is 12.4 Å². The highest BCUT2D eigenvalue weighted by Gasteiger charge is 2.27. The summed E-state index contributed by atoms with van der Waals surface area (Å²) in [5.74, 6) is -0.793. The second-order valence-electron chi connectivity index (χ2n) is 6.65. The smallest absolute Gasteiger partial charge is 0.243 e. The lowest BCUT2D eigenvalue weighted by Crippen LogP contribution is -2.45. The molecular weight excluding hydrogens is 443 g/mol. The molecule has 0 aliphatic rings. The molecule has 0 spiro atoms. The number of ether oxygens (including phenoxy) is 1. The van der Waals surface area contributed by atoms with Gasteiger partial charge in [-0.3, -0.25) is 4.79 Å². The molecule has 9 heteroatoms. The van der Waals surface area contributed by atoms with E-state index >= 15 is 0 Å². The van der Waals surface area contributed by atoms with Gasteiger partial charge in [-0.15, -0.1) is 0 Å². The summed E-state index contributed by atoms with van der Waals surface area (Å²) < 4.78 is 46.5. The highest BCUT2D eigenvalue weighted by Crippen LogP contribution is 2.28. The van der Waals surface area contributed by atoms with Gasteiger partial charge in [0, 0.05) is 5.02 Å². The minimum atomic E-state index is -4.09. The molecule has 1 amide bonds. The van der Waals surface area contributed by atoms with Crippen LogP contribution in [0, 0.1) is 5.82 Å². The zero-order valence-electron chi connectivity index (χ0n) is 16.5. The van der Waals surface area contributed by atoms with Crippen molar-refractivity contribution in [3.05, 3.63) is 89.2 Å². The summed E-state index contributed by atoms with van der Waals surface area (Å²) in [5.41, 5.74) is 1.06. The van der Waals surface area contributed by atoms with Crippen LogP contribution in [-0.2, 0) is 21.2 Å². The number of amides is 1. The van der Waals surface area contributed by atoms with Gasteiger partial charge in [0.15, 0.2) is 0 Å². The zero-order valence-corrected chi connectivity index (χ0v) is 18.1. The van der Waals surface area contributed by atoms with Gasteiger partial charge in [0.1, 0.15) is 17.6 Å². The number of anilines is 1. The fraction of sp³-hybridized carbons (Fsp3) is 0.136. The summed E-state index contributed by atoms with van der Waals surface area (Å²) >= 11 is 6.02. The van der Waals surface area contributed by atoms with Crippen LogP contribution in [0.2, 0.25) is 5.02 Å². The Balaban J connectivity index is 1.90. The molecule has 0 aromatic heterocycles. The molecule has 1 atom stereocenters. The number of hydrogen-bond acceptors (Lipinski definition) is 4. The molecule has 0 heterocycles. The molecule has 3 aromatic carbocycles. The summed E-state index contributed by atoms with van der Waals surface area (Å²) in [6.45, 7) is 0. The third-order valence-corrected chi connectivity index (χ3v) is 6.16. The lowest BCUT2D eigenvalue weighted by Gasteiger charge is -2.20. The van der Waals surface area contributed by atoms with Gasteiger partial charge in [-0.25, -0.2) is 12.8 Å². The largest absolute Gasteiger partial charge is 0.495 e. The number of methoxy groups -OCH3 is 1. The molecule has 0 unspecified atom stereocenters. The van der Waals surface area contributed by atoms with E-state index in [-0.39, 0.29) is 11.3 Å². The van der Waals surface area contributed by atoms with Gasteiger partial charge in [-0.1, -0.05) is 41.9 Å². The van der Waals surface area contributed by atoms with Crippen molar-refractivity contribution in [1.82, 2.24) is 4.72 Å². The van der Waals surface area contributed by atoms with E-state index in [4.69, 9.17) is 16.3 Å². The van der Waals surface area contributed by atoms with E-state index in [1.165, 1.54) is 13.2 Å². The van der Waals surface area contributed by atoms with Crippen LogP contribution in [0.1, 0.15) is 5.56 Å². The minimum Gasteiger partial charge on any atom is -0.495 e. The van der Waals surface area contributed by atoms with Gasteiger partial charge in [-0.2, -0.15) is 4.72 Å². The van der Waals surface area contributed by atoms with Gasteiger partial charge in [0.05, 0.1) is 17.7 Å². The van der Waals surface area contributed by atoms with Crippen molar-refractivity contribution < 1.29 is 22.3 Å². The average molecular weight is 463 g/mol. The number of carbonyl (C=O) groups is 1. The maximum atomic E-state index is 13.2. The molecule has 6 nitrogen and oxygen atoms in total. The lowest BCUT2D eigenvalue weighted by atomic mass is 10.1. The molecule has 0 saturated carbocycles. The van der Waals surface area contributed by atoms with Crippen LogP contribution < -0.4 is 14.8 Å². The Kier molecular flexibility index (Phi) is 7.27. The van der Waals surface area contributed by atoms with Gasteiger partial charge < -0.3 is 10.1 Å². The first kappa shape index (κ1) is 22.7. The summed E-state index contributed by atoms with van der Waals surface area (Å²) in [7, 11) is -2.65. The number of rotatable bonds is 8. The molecule has 162 valence electrons. The van der Waals surface area contributed by atoms with Crippen LogP contribution in [0.3, 0.4) is 0 Å². The first-order chi connectivity index (χ1) is 14.8. The Bertz CT molecular complexity index is 1160. The fourth-order valence-corrected chi connectivity index (χ4v) is 4.27. The predicted octanol–water partition coefficient (Wildman–Crippen LogP) is 4.02. The van der Waals surface area contributed by atoms with Gasteiger partial charge >= 0.3 is 0 Å². The minimum absolute atomic E-state index is 0.0932. The first-order valence-corrected chi connectivity index (χ1v) is 11.1. The first-order valence-electron chi connectivity index (χ1n) is 9.25. The lowest BCUT2D eigenvalue weighted by molar-refractivity contribution is -0.117. The fourth-order valence-electron chi connectivity index (χ4n) is 2.90. The van der Waals surface area contributed by atoms with E-state index in [1.54, 1.807) is 36.4 Å². The summed E-state index contributed by atoms with van der Waals surface area (Å²) in [6, 6.07) is 16.9. The van der Waals surface area contributed by atoms with Crippen LogP contribution in [0.5, 0.6) is 5.75 Å². The van der Waals surface area contributed by atoms with E-state index in [2.05, 4.69) is 10.0 Å². The molecule has 0 radical (unpaired) electrons. The Morgan fingerprint density at radius 1 is 1.06 bits per heavy atom. The molecule has 0 aliphatic heterocycles. The highest BCUT2D eigenvalue weighted by molar-refractivity contribution is 7.89. The quantitative estimate of drug-likeness (QED) is 0.529. The molecule has 0 bridgehead atoms. The highest BCUT2D eigenvalue weighted by atomic mass is 35.5. The van der Waals surface area contributed by atoms with Crippen LogP contribution in [0.15, 0.2) is 77.7 Å². The van der Waals surface area contributed by atoms with E-state index in [0.29, 0.717) is 16.5 Å². The Morgan fingerprint density at radius 2 is 1.74 bits per heavy atom.